The van der Waals surface area contributed by atoms with Crippen LogP contribution in [0.4, 0.5) is 0 Å². The Balaban J connectivity index is 2.58. The molecule has 0 radical (unpaired) electrons. The minimum atomic E-state index is -0.179. The quantitative estimate of drug-likeness (QED) is 0.697. The van der Waals surface area contributed by atoms with Crippen LogP contribution in [0.25, 0.3) is 0 Å². The average Bonchev–Trinajstić information content (AvgIpc) is 2.38. The molecule has 1 aromatic carbocycles. The minimum Gasteiger partial charge on any atom is -0.462 e. The Morgan fingerprint density at radius 2 is 1.88 bits per heavy atom. The number of hydrogen-bond donors (Lipinski definition) is 0. The van der Waals surface area contributed by atoms with E-state index in [1.165, 1.54) is 0 Å². The molecule has 1 aromatic rings. The van der Waals surface area contributed by atoms with Gasteiger partial charge >= 0.3 is 5.97 Å². The monoisotopic (exact) mass is 234 g/mol. The number of benzene rings is 1. The van der Waals surface area contributed by atoms with Crippen LogP contribution < -0.4 is 0 Å². The van der Waals surface area contributed by atoms with E-state index in [0.29, 0.717) is 0 Å². The van der Waals surface area contributed by atoms with Gasteiger partial charge in [-0.1, -0.05) is 50.6 Å². The summed E-state index contributed by atoms with van der Waals surface area (Å²) in [5.41, 5.74) is 1.02. The van der Waals surface area contributed by atoms with Gasteiger partial charge in [-0.3, -0.25) is 4.79 Å². The van der Waals surface area contributed by atoms with E-state index in [1.807, 2.05) is 37.3 Å². The Morgan fingerprint density at radius 1 is 1.24 bits per heavy atom. The number of ether oxygens (including phenoxy) is 1. The molecule has 94 valence electrons. The van der Waals surface area contributed by atoms with Crippen molar-refractivity contribution in [3.05, 3.63) is 35.9 Å². The number of carbonyl (C=O) groups excluding carboxylic acids is 1. The summed E-state index contributed by atoms with van der Waals surface area (Å²) in [6.45, 7) is 6.06. The van der Waals surface area contributed by atoms with Crippen molar-refractivity contribution in [3.63, 3.8) is 0 Å². The van der Waals surface area contributed by atoms with Gasteiger partial charge in [-0.05, 0) is 25.3 Å². The molecule has 0 saturated carbocycles. The highest BCUT2D eigenvalue weighted by Crippen LogP contribution is 2.18. The summed E-state index contributed by atoms with van der Waals surface area (Å²) in [5.74, 6) is -0.293. The maximum absolute atomic E-state index is 12.0. The van der Waals surface area contributed by atoms with Crippen LogP contribution in [0.1, 0.15) is 51.5 Å². The first kappa shape index (κ1) is 13.8. The topological polar surface area (TPSA) is 26.3 Å². The van der Waals surface area contributed by atoms with Crippen molar-refractivity contribution in [1.29, 1.82) is 0 Å². The Bertz CT molecular complexity index is 332. The van der Waals surface area contributed by atoms with Crippen LogP contribution in [0.5, 0.6) is 0 Å². The predicted octanol–water partition coefficient (Wildman–Crippen LogP) is 3.91. The SMILES string of the molecule is CCCC(CC)OC(=O)C(C)c1ccccc1. The largest absolute Gasteiger partial charge is 0.462 e. The first-order valence-electron chi connectivity index (χ1n) is 6.44. The molecular formula is C15H22O2. The minimum absolute atomic E-state index is 0.0682. The highest BCUT2D eigenvalue weighted by molar-refractivity contribution is 5.77. The molecule has 0 aliphatic carbocycles. The molecule has 1 rings (SSSR count). The zero-order valence-corrected chi connectivity index (χ0v) is 11.0. The van der Waals surface area contributed by atoms with Crippen molar-refractivity contribution >= 4 is 5.97 Å². The summed E-state index contributed by atoms with van der Waals surface area (Å²) in [7, 11) is 0. The van der Waals surface area contributed by atoms with Gasteiger partial charge in [-0.2, -0.15) is 0 Å². The molecule has 2 unspecified atom stereocenters. The van der Waals surface area contributed by atoms with Gasteiger partial charge in [-0.25, -0.2) is 0 Å². The van der Waals surface area contributed by atoms with Crippen LogP contribution in [0.3, 0.4) is 0 Å². The molecule has 0 aliphatic heterocycles. The van der Waals surface area contributed by atoms with Gasteiger partial charge in [0.05, 0.1) is 5.92 Å². The van der Waals surface area contributed by atoms with E-state index in [0.717, 1.165) is 24.8 Å². The van der Waals surface area contributed by atoms with Crippen LogP contribution in [0.2, 0.25) is 0 Å². The molecule has 0 saturated heterocycles. The fraction of sp³-hybridized carbons (Fsp3) is 0.533. The van der Waals surface area contributed by atoms with Crippen molar-refractivity contribution in [2.45, 2.75) is 52.1 Å². The smallest absolute Gasteiger partial charge is 0.313 e. The molecular weight excluding hydrogens is 212 g/mol. The third kappa shape index (κ3) is 4.22. The predicted molar refractivity (Wildman–Crippen MR) is 69.9 cm³/mol. The standard InChI is InChI=1S/C15H22O2/c1-4-9-14(5-2)17-15(16)12(3)13-10-7-6-8-11-13/h6-8,10-12,14H,4-5,9H2,1-3H3. The van der Waals surface area contributed by atoms with Gasteiger partial charge in [0.2, 0.25) is 0 Å². The van der Waals surface area contributed by atoms with Crippen molar-refractivity contribution in [3.8, 4) is 0 Å². The second-order valence-corrected chi connectivity index (χ2v) is 4.39. The summed E-state index contributed by atoms with van der Waals surface area (Å²) in [6.07, 6.45) is 2.95. The Hall–Kier alpha value is -1.31. The van der Waals surface area contributed by atoms with E-state index in [9.17, 15) is 4.79 Å². The highest BCUT2D eigenvalue weighted by Gasteiger charge is 2.19. The summed E-state index contributed by atoms with van der Waals surface area (Å²) in [5, 5.41) is 0. The lowest BCUT2D eigenvalue weighted by Crippen LogP contribution is -2.21. The summed E-state index contributed by atoms with van der Waals surface area (Å²) in [4.78, 5) is 12.0. The molecule has 17 heavy (non-hydrogen) atoms. The molecule has 0 aromatic heterocycles. The molecule has 2 heteroatoms. The Labute approximate surface area is 104 Å². The molecule has 2 atom stereocenters. The van der Waals surface area contributed by atoms with E-state index in [-0.39, 0.29) is 18.0 Å². The van der Waals surface area contributed by atoms with Crippen LogP contribution >= 0.6 is 0 Å². The normalized spacial score (nSPS) is 14.1. The molecule has 0 spiro atoms. The van der Waals surface area contributed by atoms with Gasteiger partial charge in [0, 0.05) is 0 Å². The average molecular weight is 234 g/mol. The second-order valence-electron chi connectivity index (χ2n) is 4.39. The zero-order valence-electron chi connectivity index (χ0n) is 11.0. The number of hydrogen-bond acceptors (Lipinski definition) is 2. The van der Waals surface area contributed by atoms with E-state index < -0.39 is 0 Å². The second kappa shape index (κ2) is 7.10. The van der Waals surface area contributed by atoms with Crippen LogP contribution in [0, 0.1) is 0 Å². The van der Waals surface area contributed by atoms with Crippen molar-refractivity contribution in [2.24, 2.45) is 0 Å². The van der Waals surface area contributed by atoms with Crippen LogP contribution in [-0.2, 0) is 9.53 Å². The zero-order chi connectivity index (χ0) is 12.7. The lowest BCUT2D eigenvalue weighted by molar-refractivity contribution is -0.151. The van der Waals surface area contributed by atoms with Gasteiger partial charge in [0.25, 0.3) is 0 Å². The van der Waals surface area contributed by atoms with Crippen molar-refractivity contribution in [2.75, 3.05) is 0 Å². The van der Waals surface area contributed by atoms with Crippen molar-refractivity contribution in [1.82, 2.24) is 0 Å². The third-order valence-electron chi connectivity index (χ3n) is 3.00. The van der Waals surface area contributed by atoms with Crippen LogP contribution in [-0.4, -0.2) is 12.1 Å². The lowest BCUT2D eigenvalue weighted by Gasteiger charge is -2.18. The first-order chi connectivity index (χ1) is 8.19. The third-order valence-corrected chi connectivity index (χ3v) is 3.00. The summed E-state index contributed by atoms with van der Waals surface area (Å²) < 4.78 is 5.52. The van der Waals surface area contributed by atoms with Gasteiger partial charge < -0.3 is 4.74 Å². The number of carbonyl (C=O) groups is 1. The maximum Gasteiger partial charge on any atom is 0.313 e. The lowest BCUT2D eigenvalue weighted by atomic mass is 10.0. The Kier molecular flexibility index (Phi) is 5.75. The van der Waals surface area contributed by atoms with E-state index in [2.05, 4.69) is 13.8 Å². The summed E-state index contributed by atoms with van der Waals surface area (Å²) >= 11 is 0. The number of esters is 1. The van der Waals surface area contributed by atoms with Crippen LogP contribution in [0.15, 0.2) is 30.3 Å². The van der Waals surface area contributed by atoms with E-state index in [1.54, 1.807) is 0 Å². The van der Waals surface area contributed by atoms with E-state index >= 15 is 0 Å². The molecule has 0 heterocycles. The molecule has 0 amide bonds. The fourth-order valence-corrected chi connectivity index (χ4v) is 1.81. The van der Waals surface area contributed by atoms with Crippen molar-refractivity contribution < 1.29 is 9.53 Å². The number of rotatable bonds is 6. The van der Waals surface area contributed by atoms with E-state index in [4.69, 9.17) is 4.74 Å². The molecule has 0 N–H and O–H groups in total. The van der Waals surface area contributed by atoms with Gasteiger partial charge in [-0.15, -0.1) is 0 Å². The molecule has 2 nitrogen and oxygen atoms in total. The van der Waals surface area contributed by atoms with Gasteiger partial charge in [0.1, 0.15) is 6.10 Å². The van der Waals surface area contributed by atoms with Gasteiger partial charge in [0.15, 0.2) is 0 Å². The fourth-order valence-electron chi connectivity index (χ4n) is 1.81. The highest BCUT2D eigenvalue weighted by atomic mass is 16.5. The molecule has 0 aliphatic rings. The molecule has 0 fully saturated rings. The molecule has 0 bridgehead atoms. The Morgan fingerprint density at radius 3 is 2.41 bits per heavy atom. The maximum atomic E-state index is 12.0. The first-order valence-corrected chi connectivity index (χ1v) is 6.44. The summed E-state index contributed by atoms with van der Waals surface area (Å²) in [6, 6.07) is 9.78.